The highest BCUT2D eigenvalue weighted by atomic mass is 32.2. The first kappa shape index (κ1) is 22.9. The lowest BCUT2D eigenvalue weighted by Gasteiger charge is -2.39. The van der Waals surface area contributed by atoms with Crippen molar-refractivity contribution in [2.75, 3.05) is 24.5 Å². The van der Waals surface area contributed by atoms with Crippen LogP contribution in [0.25, 0.3) is 0 Å². The fourth-order valence-corrected chi connectivity index (χ4v) is 6.96. The van der Waals surface area contributed by atoms with Gasteiger partial charge >= 0.3 is 0 Å². The first-order valence-electron chi connectivity index (χ1n) is 12.1. The van der Waals surface area contributed by atoms with Gasteiger partial charge in [0.05, 0.1) is 17.7 Å². The highest BCUT2D eigenvalue weighted by molar-refractivity contribution is 7.92. The second-order valence-electron chi connectivity index (χ2n) is 9.28. The topological polar surface area (TPSA) is 49.9 Å². The number of hydrogen-bond acceptors (Lipinski definition) is 4. The molecule has 5 nitrogen and oxygen atoms in total. The van der Waals surface area contributed by atoms with Crippen molar-refractivity contribution in [3.63, 3.8) is 0 Å². The summed E-state index contributed by atoms with van der Waals surface area (Å²) < 4.78 is 34.9. The number of likely N-dealkylation sites (tertiary alicyclic amines) is 1. The maximum absolute atomic E-state index is 14.0. The highest BCUT2D eigenvalue weighted by Crippen LogP contribution is 2.34. The van der Waals surface area contributed by atoms with Gasteiger partial charge < -0.3 is 4.74 Å². The molecule has 6 heteroatoms. The molecule has 0 radical (unpaired) electrons. The Hall–Kier alpha value is -2.83. The van der Waals surface area contributed by atoms with E-state index in [-0.39, 0.29) is 6.04 Å². The SMILES string of the molecule is COc1ccc(S(=O)(=O)N(c2ccc3c(c2)CCC3)C2CCN(Cc3ccccc3)CC2)cc1. The number of anilines is 1. The van der Waals surface area contributed by atoms with Crippen molar-refractivity contribution in [3.05, 3.63) is 89.5 Å². The highest BCUT2D eigenvalue weighted by Gasteiger charge is 2.34. The van der Waals surface area contributed by atoms with Crippen molar-refractivity contribution >= 4 is 15.7 Å². The van der Waals surface area contributed by atoms with Crippen LogP contribution in [0.3, 0.4) is 0 Å². The number of rotatable bonds is 7. The summed E-state index contributed by atoms with van der Waals surface area (Å²) in [7, 11) is -2.13. The molecule has 0 bridgehead atoms. The molecule has 1 fully saturated rings. The molecule has 0 aromatic heterocycles. The normalized spacial score (nSPS) is 16.9. The molecule has 0 saturated carbocycles. The van der Waals surface area contributed by atoms with Crippen LogP contribution in [0.5, 0.6) is 5.75 Å². The number of aryl methyl sites for hydroxylation is 2. The number of fused-ring (bicyclic) bond motifs is 1. The molecular weight excluding hydrogens is 444 g/mol. The third-order valence-electron chi connectivity index (χ3n) is 7.09. The third kappa shape index (κ3) is 4.70. The molecule has 0 spiro atoms. The predicted molar refractivity (Wildman–Crippen MR) is 136 cm³/mol. The summed E-state index contributed by atoms with van der Waals surface area (Å²) in [5.74, 6) is 0.650. The van der Waals surface area contributed by atoms with Crippen molar-refractivity contribution in [1.29, 1.82) is 0 Å². The van der Waals surface area contributed by atoms with Gasteiger partial charge in [-0.15, -0.1) is 0 Å². The second-order valence-corrected chi connectivity index (χ2v) is 11.1. The molecule has 1 aliphatic heterocycles. The monoisotopic (exact) mass is 476 g/mol. The number of ether oxygens (including phenoxy) is 1. The number of nitrogens with zero attached hydrogens (tertiary/aromatic N) is 2. The van der Waals surface area contributed by atoms with E-state index >= 15 is 0 Å². The van der Waals surface area contributed by atoms with Crippen molar-refractivity contribution in [2.45, 2.75) is 49.6 Å². The van der Waals surface area contributed by atoms with Gasteiger partial charge in [0.1, 0.15) is 5.75 Å². The molecule has 2 aliphatic rings. The van der Waals surface area contributed by atoms with Crippen LogP contribution in [0.4, 0.5) is 5.69 Å². The lowest BCUT2D eigenvalue weighted by molar-refractivity contribution is 0.206. The molecule has 1 aliphatic carbocycles. The van der Waals surface area contributed by atoms with Gasteiger partial charge in [-0.3, -0.25) is 9.21 Å². The number of hydrogen-bond donors (Lipinski definition) is 0. The summed E-state index contributed by atoms with van der Waals surface area (Å²) in [6, 6.07) is 23.4. The van der Waals surface area contributed by atoms with Crippen molar-refractivity contribution < 1.29 is 13.2 Å². The minimum atomic E-state index is -3.71. The van der Waals surface area contributed by atoms with Crippen LogP contribution in [0.2, 0.25) is 0 Å². The smallest absolute Gasteiger partial charge is 0.264 e. The number of benzene rings is 3. The quantitative estimate of drug-likeness (QED) is 0.479. The van der Waals surface area contributed by atoms with Crippen LogP contribution in [0.15, 0.2) is 77.7 Å². The molecule has 0 amide bonds. The Bertz CT molecular complexity index is 1220. The maximum Gasteiger partial charge on any atom is 0.264 e. The van der Waals surface area contributed by atoms with Gasteiger partial charge in [-0.25, -0.2) is 8.42 Å². The van der Waals surface area contributed by atoms with Gasteiger partial charge in [-0.05, 0) is 85.2 Å². The van der Waals surface area contributed by atoms with E-state index in [0.717, 1.165) is 57.4 Å². The minimum Gasteiger partial charge on any atom is -0.497 e. The van der Waals surface area contributed by atoms with Crippen molar-refractivity contribution in [2.24, 2.45) is 0 Å². The molecule has 178 valence electrons. The molecule has 34 heavy (non-hydrogen) atoms. The number of methoxy groups -OCH3 is 1. The standard InChI is InChI=1S/C28H32N2O3S/c1-33-27-12-14-28(15-13-27)34(31,32)30(26-11-10-23-8-5-9-24(23)20-26)25-16-18-29(19-17-25)21-22-6-3-2-4-7-22/h2-4,6-7,10-15,20,25H,5,8-9,16-19,21H2,1H3. The summed E-state index contributed by atoms with van der Waals surface area (Å²) in [6.07, 6.45) is 4.86. The summed E-state index contributed by atoms with van der Waals surface area (Å²) in [4.78, 5) is 2.73. The summed E-state index contributed by atoms with van der Waals surface area (Å²) >= 11 is 0. The third-order valence-corrected chi connectivity index (χ3v) is 8.99. The van der Waals surface area contributed by atoms with E-state index in [1.807, 2.05) is 12.1 Å². The van der Waals surface area contributed by atoms with Crippen LogP contribution in [0.1, 0.15) is 36.0 Å². The van der Waals surface area contributed by atoms with E-state index in [4.69, 9.17) is 4.74 Å². The fraction of sp³-hybridized carbons (Fsp3) is 0.357. The van der Waals surface area contributed by atoms with Crippen LogP contribution >= 0.6 is 0 Å². The van der Waals surface area contributed by atoms with Crippen LogP contribution in [0, 0.1) is 0 Å². The number of sulfonamides is 1. The number of piperidine rings is 1. The van der Waals surface area contributed by atoms with Gasteiger partial charge in [0.2, 0.25) is 0 Å². The maximum atomic E-state index is 14.0. The lowest BCUT2D eigenvalue weighted by atomic mass is 10.0. The molecule has 1 heterocycles. The Morgan fingerprint density at radius 2 is 1.62 bits per heavy atom. The van der Waals surface area contributed by atoms with Crippen LogP contribution < -0.4 is 9.04 Å². The summed E-state index contributed by atoms with van der Waals surface area (Å²) in [6.45, 7) is 2.65. The largest absolute Gasteiger partial charge is 0.497 e. The van der Waals surface area contributed by atoms with E-state index < -0.39 is 10.0 Å². The van der Waals surface area contributed by atoms with Crippen molar-refractivity contribution in [1.82, 2.24) is 4.90 Å². The Kier molecular flexibility index (Phi) is 6.61. The van der Waals surface area contributed by atoms with Crippen LogP contribution in [-0.2, 0) is 29.4 Å². The van der Waals surface area contributed by atoms with Crippen LogP contribution in [-0.4, -0.2) is 39.6 Å². The summed E-state index contributed by atoms with van der Waals surface area (Å²) in [5.41, 5.74) is 4.72. The van der Waals surface area contributed by atoms with E-state index in [0.29, 0.717) is 10.6 Å². The predicted octanol–water partition coefficient (Wildman–Crippen LogP) is 5.04. The van der Waals surface area contributed by atoms with E-state index in [2.05, 4.69) is 41.3 Å². The Morgan fingerprint density at radius 3 is 2.32 bits per heavy atom. The van der Waals surface area contributed by atoms with E-state index in [9.17, 15) is 8.42 Å². The lowest BCUT2D eigenvalue weighted by Crippen LogP contribution is -2.47. The van der Waals surface area contributed by atoms with E-state index in [1.165, 1.54) is 16.7 Å². The molecular formula is C28H32N2O3S. The van der Waals surface area contributed by atoms with E-state index in [1.54, 1.807) is 35.7 Å². The minimum absolute atomic E-state index is 0.0708. The van der Waals surface area contributed by atoms with Gasteiger partial charge in [-0.2, -0.15) is 0 Å². The Morgan fingerprint density at radius 1 is 0.912 bits per heavy atom. The average molecular weight is 477 g/mol. The molecule has 1 saturated heterocycles. The zero-order valence-electron chi connectivity index (χ0n) is 19.7. The van der Waals surface area contributed by atoms with Gasteiger partial charge in [0.25, 0.3) is 10.0 Å². The first-order chi connectivity index (χ1) is 16.5. The molecule has 0 unspecified atom stereocenters. The first-order valence-corrected chi connectivity index (χ1v) is 13.6. The Labute approximate surface area is 203 Å². The zero-order valence-corrected chi connectivity index (χ0v) is 20.5. The molecule has 3 aromatic carbocycles. The summed E-state index contributed by atoms with van der Waals surface area (Å²) in [5, 5.41) is 0. The van der Waals surface area contributed by atoms with Crippen molar-refractivity contribution in [3.8, 4) is 5.75 Å². The molecule has 0 atom stereocenters. The Balaban J connectivity index is 1.42. The van der Waals surface area contributed by atoms with Gasteiger partial charge in [0, 0.05) is 25.7 Å². The average Bonchev–Trinajstić information content (AvgIpc) is 3.34. The molecule has 3 aromatic rings. The molecule has 0 N–H and O–H groups in total. The fourth-order valence-electron chi connectivity index (χ4n) is 5.26. The zero-order chi connectivity index (χ0) is 23.5. The molecule has 5 rings (SSSR count). The van der Waals surface area contributed by atoms with Gasteiger partial charge in [-0.1, -0.05) is 36.4 Å². The second kappa shape index (κ2) is 9.80. The van der Waals surface area contributed by atoms with Gasteiger partial charge in [0.15, 0.2) is 0 Å².